The molecule has 460 valence electrons. The molecule has 6 nitrogen and oxygen atoms in total. The molecule has 0 aromatic rings. The highest BCUT2D eigenvalue weighted by molar-refractivity contribution is 5.76. The Morgan fingerprint density at radius 2 is 0.532 bits per heavy atom. The fourth-order valence-corrected chi connectivity index (χ4v) is 11.7. The molecule has 0 fully saturated rings. The van der Waals surface area contributed by atoms with E-state index < -0.39 is 12.1 Å². The topological polar surface area (TPSA) is 95.9 Å². The molecule has 3 N–H and O–H groups in total. The van der Waals surface area contributed by atoms with Crippen molar-refractivity contribution in [2.45, 2.75) is 431 Å². The molecule has 0 bridgehead atoms. The lowest BCUT2D eigenvalue weighted by Crippen LogP contribution is -2.45. The molecule has 0 aliphatic carbocycles. The lowest BCUT2D eigenvalue weighted by atomic mass is 10.0. The van der Waals surface area contributed by atoms with Crippen molar-refractivity contribution in [2.24, 2.45) is 0 Å². The first-order chi connectivity index (χ1) is 38.0. The van der Waals surface area contributed by atoms with Crippen LogP contribution in [0.5, 0.6) is 0 Å². The number of unbranched alkanes of at least 4 members (excludes halogenated alkanes) is 57. The Morgan fingerprint density at radius 3 is 0.792 bits per heavy atom. The Kier molecular flexibility index (Phi) is 66.4. The highest BCUT2D eigenvalue weighted by Crippen LogP contribution is 2.20. The van der Waals surface area contributed by atoms with Crippen molar-refractivity contribution < 1.29 is 24.5 Å². The van der Waals surface area contributed by atoms with Gasteiger partial charge in [-0.1, -0.05) is 380 Å². The number of carbonyl (C=O) groups is 2. The number of aliphatic hydroxyl groups is 2. The molecule has 0 radical (unpaired) electrons. The van der Waals surface area contributed by atoms with E-state index in [4.69, 9.17) is 4.74 Å². The van der Waals surface area contributed by atoms with Crippen molar-refractivity contribution in [2.75, 3.05) is 13.2 Å². The summed E-state index contributed by atoms with van der Waals surface area (Å²) in [6.07, 6.45) is 81.9. The van der Waals surface area contributed by atoms with Gasteiger partial charge in [-0.25, -0.2) is 0 Å². The fourth-order valence-electron chi connectivity index (χ4n) is 11.7. The molecule has 0 heterocycles. The van der Waals surface area contributed by atoms with E-state index in [-0.39, 0.29) is 18.5 Å². The minimum atomic E-state index is -0.656. The maximum absolute atomic E-state index is 12.4. The summed E-state index contributed by atoms with van der Waals surface area (Å²) in [5.74, 6) is -0.00255. The predicted octanol–water partition coefficient (Wildman–Crippen LogP) is 23.0. The summed E-state index contributed by atoms with van der Waals surface area (Å²) in [4.78, 5) is 24.5. The number of aliphatic hydroxyl groups excluding tert-OH is 2. The Balaban J connectivity index is 3.25. The van der Waals surface area contributed by atoms with Crippen molar-refractivity contribution in [3.05, 3.63) is 0 Å². The SMILES string of the molecule is CCCCCCCCCCCCCCCCC(=O)OCCCCCCCCCCCCCCCCCCCCCCCCCCCCCCCCCCCCCCCC(=O)NC(CO)C(O)CCCCCCCCCCC. The van der Waals surface area contributed by atoms with Gasteiger partial charge in [-0.05, 0) is 25.7 Å². The zero-order chi connectivity index (χ0) is 55.7. The van der Waals surface area contributed by atoms with Gasteiger partial charge in [-0.3, -0.25) is 9.59 Å². The quantitative estimate of drug-likeness (QED) is 0.0417. The molecule has 0 aliphatic rings. The third-order valence-electron chi connectivity index (χ3n) is 17.2. The van der Waals surface area contributed by atoms with E-state index in [2.05, 4.69) is 19.2 Å². The van der Waals surface area contributed by atoms with Crippen LogP contribution in [0.25, 0.3) is 0 Å². The molecular weight excluding hydrogens is 947 g/mol. The van der Waals surface area contributed by atoms with Crippen LogP contribution in [0, 0.1) is 0 Å². The highest BCUT2D eigenvalue weighted by Gasteiger charge is 2.20. The van der Waals surface area contributed by atoms with Gasteiger partial charge >= 0.3 is 5.97 Å². The van der Waals surface area contributed by atoms with Crippen LogP contribution in [-0.2, 0) is 14.3 Å². The number of hydrogen-bond acceptors (Lipinski definition) is 5. The van der Waals surface area contributed by atoms with Gasteiger partial charge in [-0.15, -0.1) is 0 Å². The Labute approximate surface area is 483 Å². The van der Waals surface area contributed by atoms with Crippen LogP contribution in [0.4, 0.5) is 0 Å². The zero-order valence-corrected chi connectivity index (χ0v) is 52.7. The largest absolute Gasteiger partial charge is 0.466 e. The highest BCUT2D eigenvalue weighted by atomic mass is 16.5. The molecule has 0 rings (SSSR count). The lowest BCUT2D eigenvalue weighted by Gasteiger charge is -2.22. The zero-order valence-electron chi connectivity index (χ0n) is 52.7. The Morgan fingerprint density at radius 1 is 0.312 bits per heavy atom. The number of rotatable bonds is 68. The monoisotopic (exact) mass is 1090 g/mol. The average molecular weight is 1090 g/mol. The average Bonchev–Trinajstić information content (AvgIpc) is 3.43. The van der Waals surface area contributed by atoms with E-state index in [1.165, 1.54) is 347 Å². The molecule has 0 spiro atoms. The summed E-state index contributed by atoms with van der Waals surface area (Å²) in [5.41, 5.74) is 0. The van der Waals surface area contributed by atoms with E-state index in [9.17, 15) is 19.8 Å². The van der Waals surface area contributed by atoms with Gasteiger partial charge in [0.2, 0.25) is 5.91 Å². The second-order valence-electron chi connectivity index (χ2n) is 24.9. The van der Waals surface area contributed by atoms with Crippen molar-refractivity contribution in [1.82, 2.24) is 5.32 Å². The summed E-state index contributed by atoms with van der Waals surface area (Å²) >= 11 is 0. The van der Waals surface area contributed by atoms with Gasteiger partial charge in [0.05, 0.1) is 25.4 Å². The van der Waals surface area contributed by atoms with Crippen LogP contribution in [0.15, 0.2) is 0 Å². The second kappa shape index (κ2) is 67.4. The van der Waals surface area contributed by atoms with Crippen LogP contribution < -0.4 is 5.32 Å². The number of hydrogen-bond donors (Lipinski definition) is 3. The predicted molar refractivity (Wildman–Crippen MR) is 338 cm³/mol. The van der Waals surface area contributed by atoms with Gasteiger partial charge in [0.15, 0.2) is 0 Å². The van der Waals surface area contributed by atoms with Crippen molar-refractivity contribution in [3.63, 3.8) is 0 Å². The van der Waals surface area contributed by atoms with E-state index in [1.54, 1.807) is 0 Å². The molecule has 0 saturated carbocycles. The normalized spacial score (nSPS) is 12.4. The maximum atomic E-state index is 12.4. The maximum Gasteiger partial charge on any atom is 0.305 e. The van der Waals surface area contributed by atoms with Crippen molar-refractivity contribution in [3.8, 4) is 0 Å². The third-order valence-corrected chi connectivity index (χ3v) is 17.2. The Bertz CT molecular complexity index is 1120. The second-order valence-corrected chi connectivity index (χ2v) is 24.9. The van der Waals surface area contributed by atoms with E-state index in [1.807, 2.05) is 0 Å². The molecule has 1 amide bonds. The van der Waals surface area contributed by atoms with Crippen molar-refractivity contribution in [1.29, 1.82) is 0 Å². The Hall–Kier alpha value is -1.14. The molecule has 0 aliphatic heterocycles. The fraction of sp³-hybridized carbons (Fsp3) is 0.972. The van der Waals surface area contributed by atoms with Crippen LogP contribution in [0.1, 0.15) is 418 Å². The molecule has 77 heavy (non-hydrogen) atoms. The first-order valence-electron chi connectivity index (χ1n) is 35.8. The van der Waals surface area contributed by atoms with E-state index >= 15 is 0 Å². The number of carbonyl (C=O) groups excluding carboxylic acids is 2. The summed E-state index contributed by atoms with van der Waals surface area (Å²) < 4.78 is 5.50. The molecule has 0 aromatic carbocycles. The van der Waals surface area contributed by atoms with Crippen molar-refractivity contribution >= 4 is 11.9 Å². The molecule has 0 saturated heterocycles. The van der Waals surface area contributed by atoms with Crippen LogP contribution in [0.2, 0.25) is 0 Å². The number of ether oxygens (including phenoxy) is 1. The molecule has 2 atom stereocenters. The summed E-state index contributed by atoms with van der Waals surface area (Å²) in [5, 5.41) is 23.1. The van der Waals surface area contributed by atoms with Crippen LogP contribution in [-0.4, -0.2) is 47.4 Å². The first-order valence-corrected chi connectivity index (χ1v) is 35.8. The van der Waals surface area contributed by atoms with Gasteiger partial charge < -0.3 is 20.3 Å². The summed E-state index contributed by atoms with van der Waals surface area (Å²) in [6, 6.07) is -0.533. The molecule has 6 heteroatoms. The smallest absolute Gasteiger partial charge is 0.305 e. The van der Waals surface area contributed by atoms with Crippen LogP contribution in [0.3, 0.4) is 0 Å². The summed E-state index contributed by atoms with van der Waals surface area (Å²) in [7, 11) is 0. The molecule has 0 aromatic heterocycles. The van der Waals surface area contributed by atoms with E-state index in [0.717, 1.165) is 38.5 Å². The standard InChI is InChI=1S/C71H141NO5/c1-3-5-7-9-11-13-14-15-42-45-49-53-57-61-65-71(76)77-66-62-58-54-50-46-43-40-38-36-34-32-30-28-26-24-22-20-18-16-17-19-21-23-25-27-29-31-33-35-37-39-41-44-48-52-56-60-64-70(75)72-68(67-73)69(74)63-59-55-51-47-12-10-8-6-4-2/h68-69,73-74H,3-67H2,1-2H3,(H,72,75). The first kappa shape index (κ1) is 75.9. The molecule has 2 unspecified atom stereocenters. The summed E-state index contributed by atoms with van der Waals surface area (Å²) in [6.45, 7) is 4.97. The van der Waals surface area contributed by atoms with Gasteiger partial charge in [-0.2, -0.15) is 0 Å². The number of nitrogens with one attached hydrogen (secondary N) is 1. The third kappa shape index (κ3) is 63.9. The van der Waals surface area contributed by atoms with Gasteiger partial charge in [0, 0.05) is 12.8 Å². The van der Waals surface area contributed by atoms with Crippen LogP contribution >= 0.6 is 0 Å². The number of esters is 1. The van der Waals surface area contributed by atoms with E-state index in [0.29, 0.717) is 25.9 Å². The van der Waals surface area contributed by atoms with Gasteiger partial charge in [0.1, 0.15) is 0 Å². The number of amides is 1. The molecular formula is C71H141NO5. The minimum absolute atomic E-state index is 0.0266. The lowest BCUT2D eigenvalue weighted by molar-refractivity contribution is -0.143. The van der Waals surface area contributed by atoms with Gasteiger partial charge in [0.25, 0.3) is 0 Å². The minimum Gasteiger partial charge on any atom is -0.466 e.